The van der Waals surface area contributed by atoms with E-state index < -0.39 is 6.04 Å². The van der Waals surface area contributed by atoms with Crippen molar-refractivity contribution in [1.82, 2.24) is 0 Å². The average Bonchev–Trinajstić information content (AvgIpc) is 2.36. The average molecular weight is 233 g/mol. The SMILES string of the molecule is COCCC(N)C(=O)Nc1ccc(C#N)cc1. The number of methoxy groups -OCH3 is 1. The van der Waals surface area contributed by atoms with Crippen LogP contribution in [0.1, 0.15) is 12.0 Å². The van der Waals surface area contributed by atoms with E-state index in [-0.39, 0.29) is 5.91 Å². The molecule has 0 bridgehead atoms. The number of nitrogens with zero attached hydrogens (tertiary/aromatic N) is 1. The van der Waals surface area contributed by atoms with Gasteiger partial charge in [-0.3, -0.25) is 4.79 Å². The Morgan fingerprint density at radius 2 is 2.18 bits per heavy atom. The van der Waals surface area contributed by atoms with Gasteiger partial charge in [0.1, 0.15) is 0 Å². The lowest BCUT2D eigenvalue weighted by atomic mass is 10.2. The highest BCUT2D eigenvalue weighted by molar-refractivity contribution is 5.94. The zero-order valence-electron chi connectivity index (χ0n) is 9.64. The highest BCUT2D eigenvalue weighted by atomic mass is 16.5. The number of hydrogen-bond donors (Lipinski definition) is 2. The molecule has 0 spiro atoms. The van der Waals surface area contributed by atoms with Gasteiger partial charge >= 0.3 is 0 Å². The molecule has 0 aliphatic carbocycles. The molecule has 5 nitrogen and oxygen atoms in total. The second-order valence-electron chi connectivity index (χ2n) is 3.57. The fourth-order valence-electron chi connectivity index (χ4n) is 1.24. The van der Waals surface area contributed by atoms with E-state index in [1.54, 1.807) is 31.4 Å². The molecule has 1 aromatic carbocycles. The minimum Gasteiger partial charge on any atom is -0.385 e. The third-order valence-corrected chi connectivity index (χ3v) is 2.25. The maximum atomic E-state index is 11.6. The number of nitrogens with one attached hydrogen (secondary N) is 1. The summed E-state index contributed by atoms with van der Waals surface area (Å²) in [5, 5.41) is 11.3. The van der Waals surface area contributed by atoms with Crippen molar-refractivity contribution in [3.63, 3.8) is 0 Å². The number of rotatable bonds is 5. The summed E-state index contributed by atoms with van der Waals surface area (Å²) in [5.74, 6) is -0.258. The molecule has 17 heavy (non-hydrogen) atoms. The molecule has 1 amide bonds. The normalized spacial score (nSPS) is 11.6. The van der Waals surface area contributed by atoms with Gasteiger partial charge in [-0.2, -0.15) is 5.26 Å². The predicted molar refractivity (Wildman–Crippen MR) is 64.3 cm³/mol. The topological polar surface area (TPSA) is 88.1 Å². The van der Waals surface area contributed by atoms with Gasteiger partial charge < -0.3 is 15.8 Å². The standard InChI is InChI=1S/C12H15N3O2/c1-17-7-6-11(14)12(16)15-10-4-2-9(8-13)3-5-10/h2-5,11H,6-7,14H2,1H3,(H,15,16). The Balaban J connectivity index is 2.52. The van der Waals surface area contributed by atoms with Crippen molar-refractivity contribution < 1.29 is 9.53 Å². The Morgan fingerprint density at radius 3 is 2.71 bits per heavy atom. The monoisotopic (exact) mass is 233 g/mol. The van der Waals surface area contributed by atoms with Crippen LogP contribution < -0.4 is 11.1 Å². The number of ether oxygens (including phenoxy) is 1. The van der Waals surface area contributed by atoms with E-state index in [4.69, 9.17) is 15.7 Å². The highest BCUT2D eigenvalue weighted by Crippen LogP contribution is 2.09. The second-order valence-corrected chi connectivity index (χ2v) is 3.57. The third-order valence-electron chi connectivity index (χ3n) is 2.25. The Kier molecular flexibility index (Phi) is 5.14. The maximum Gasteiger partial charge on any atom is 0.241 e. The molecule has 0 saturated carbocycles. The van der Waals surface area contributed by atoms with E-state index in [9.17, 15) is 4.79 Å². The van der Waals surface area contributed by atoms with E-state index in [2.05, 4.69) is 5.32 Å². The lowest BCUT2D eigenvalue weighted by Crippen LogP contribution is -2.36. The minimum absolute atomic E-state index is 0.258. The van der Waals surface area contributed by atoms with Crippen LogP contribution >= 0.6 is 0 Å². The zero-order chi connectivity index (χ0) is 12.7. The fraction of sp³-hybridized carbons (Fsp3) is 0.333. The number of carbonyl (C=O) groups excluding carboxylic acids is 1. The van der Waals surface area contributed by atoms with Crippen molar-refractivity contribution >= 4 is 11.6 Å². The molecular weight excluding hydrogens is 218 g/mol. The molecule has 0 aliphatic rings. The number of carbonyl (C=O) groups is 1. The molecule has 0 fully saturated rings. The first-order valence-electron chi connectivity index (χ1n) is 5.23. The summed E-state index contributed by atoms with van der Waals surface area (Å²) in [6.07, 6.45) is 0.471. The van der Waals surface area contributed by atoms with E-state index in [1.165, 1.54) is 0 Å². The van der Waals surface area contributed by atoms with Crippen LogP contribution in [0.25, 0.3) is 0 Å². The van der Waals surface area contributed by atoms with Crippen LogP contribution in [-0.4, -0.2) is 25.7 Å². The molecule has 3 N–H and O–H groups in total. The van der Waals surface area contributed by atoms with Gasteiger partial charge in [-0.15, -0.1) is 0 Å². The summed E-state index contributed by atoms with van der Waals surface area (Å²) < 4.78 is 4.85. The van der Waals surface area contributed by atoms with Gasteiger partial charge in [-0.25, -0.2) is 0 Å². The quantitative estimate of drug-likeness (QED) is 0.789. The summed E-state index contributed by atoms with van der Waals surface area (Å²) >= 11 is 0. The van der Waals surface area contributed by atoms with Crippen molar-refractivity contribution in [1.29, 1.82) is 5.26 Å². The van der Waals surface area contributed by atoms with Crippen molar-refractivity contribution in [2.45, 2.75) is 12.5 Å². The van der Waals surface area contributed by atoms with Gasteiger partial charge in [0, 0.05) is 19.4 Å². The summed E-state index contributed by atoms with van der Waals surface area (Å²) in [6, 6.07) is 8.01. The van der Waals surface area contributed by atoms with Crippen LogP contribution in [0.3, 0.4) is 0 Å². The Hall–Kier alpha value is -1.90. The largest absolute Gasteiger partial charge is 0.385 e. The molecule has 1 aromatic rings. The molecule has 0 aromatic heterocycles. The molecule has 0 saturated heterocycles. The van der Waals surface area contributed by atoms with Crippen molar-refractivity contribution in [3.8, 4) is 6.07 Å². The summed E-state index contributed by atoms with van der Waals surface area (Å²) in [6.45, 7) is 0.446. The molecule has 5 heteroatoms. The first-order chi connectivity index (χ1) is 8.17. The number of nitrogens with two attached hydrogens (primary N) is 1. The predicted octanol–water partition coefficient (Wildman–Crippen LogP) is 0.861. The summed E-state index contributed by atoms with van der Waals surface area (Å²) in [7, 11) is 1.56. The highest BCUT2D eigenvalue weighted by Gasteiger charge is 2.12. The van der Waals surface area contributed by atoms with Crippen LogP contribution in [0, 0.1) is 11.3 Å². The number of nitriles is 1. The van der Waals surface area contributed by atoms with E-state index in [0.717, 1.165) is 0 Å². The molecule has 0 heterocycles. The molecule has 0 aliphatic heterocycles. The number of hydrogen-bond acceptors (Lipinski definition) is 4. The second kappa shape index (κ2) is 6.63. The van der Waals surface area contributed by atoms with Gasteiger partial charge in [-0.1, -0.05) is 0 Å². The van der Waals surface area contributed by atoms with E-state index >= 15 is 0 Å². The van der Waals surface area contributed by atoms with E-state index in [1.807, 2.05) is 6.07 Å². The fourth-order valence-corrected chi connectivity index (χ4v) is 1.24. The Bertz CT molecular complexity index is 409. The first-order valence-corrected chi connectivity index (χ1v) is 5.23. The Labute approximate surface area is 100 Å². The van der Waals surface area contributed by atoms with Gasteiger partial charge in [0.05, 0.1) is 17.7 Å². The Morgan fingerprint density at radius 1 is 1.53 bits per heavy atom. The molecular formula is C12H15N3O2. The van der Waals surface area contributed by atoms with Crippen LogP contribution in [-0.2, 0) is 9.53 Å². The molecule has 1 atom stereocenters. The maximum absolute atomic E-state index is 11.6. The van der Waals surface area contributed by atoms with E-state index in [0.29, 0.717) is 24.3 Å². The first kappa shape index (κ1) is 13.2. The smallest absolute Gasteiger partial charge is 0.241 e. The number of amides is 1. The van der Waals surface area contributed by atoms with Gasteiger partial charge in [0.2, 0.25) is 5.91 Å². The minimum atomic E-state index is -0.592. The number of benzene rings is 1. The molecule has 1 rings (SSSR count). The molecule has 90 valence electrons. The van der Waals surface area contributed by atoms with Crippen molar-refractivity contribution in [2.24, 2.45) is 5.73 Å². The van der Waals surface area contributed by atoms with Crippen LogP contribution in [0.15, 0.2) is 24.3 Å². The van der Waals surface area contributed by atoms with Crippen LogP contribution in [0.5, 0.6) is 0 Å². The van der Waals surface area contributed by atoms with Crippen LogP contribution in [0.4, 0.5) is 5.69 Å². The molecule has 0 radical (unpaired) electrons. The van der Waals surface area contributed by atoms with Gasteiger partial charge in [0.25, 0.3) is 0 Å². The number of anilines is 1. The van der Waals surface area contributed by atoms with Crippen LogP contribution in [0.2, 0.25) is 0 Å². The summed E-state index contributed by atoms with van der Waals surface area (Å²) in [5.41, 5.74) is 6.84. The lowest BCUT2D eigenvalue weighted by Gasteiger charge is -2.11. The van der Waals surface area contributed by atoms with Crippen molar-refractivity contribution in [2.75, 3.05) is 19.0 Å². The molecule has 1 unspecified atom stereocenters. The zero-order valence-corrected chi connectivity index (χ0v) is 9.64. The third kappa shape index (κ3) is 4.23. The van der Waals surface area contributed by atoms with Crippen molar-refractivity contribution in [3.05, 3.63) is 29.8 Å². The van der Waals surface area contributed by atoms with Gasteiger partial charge in [-0.05, 0) is 30.7 Å². The summed E-state index contributed by atoms with van der Waals surface area (Å²) in [4.78, 5) is 11.6. The van der Waals surface area contributed by atoms with Gasteiger partial charge in [0.15, 0.2) is 0 Å². The lowest BCUT2D eigenvalue weighted by molar-refractivity contribution is -0.117.